The number of aryl methyl sites for hydroxylation is 1. The highest BCUT2D eigenvalue weighted by Crippen LogP contribution is 2.28. The quantitative estimate of drug-likeness (QED) is 0.531. The van der Waals surface area contributed by atoms with Crippen molar-refractivity contribution in [1.82, 2.24) is 5.16 Å². The van der Waals surface area contributed by atoms with Crippen LogP contribution in [0.4, 0.5) is 11.6 Å². The molecule has 1 amide bonds. The highest BCUT2D eigenvalue weighted by atomic mass is 16.6. The van der Waals surface area contributed by atoms with Gasteiger partial charge in [-0.15, -0.1) is 0 Å². The van der Waals surface area contributed by atoms with Crippen molar-refractivity contribution in [1.29, 1.82) is 0 Å². The van der Waals surface area contributed by atoms with Gasteiger partial charge in [0, 0.05) is 23.8 Å². The van der Waals surface area contributed by atoms with Crippen molar-refractivity contribution < 1.29 is 14.2 Å². The molecule has 0 aliphatic heterocycles. The van der Waals surface area contributed by atoms with E-state index in [0.717, 1.165) is 30.5 Å². The lowest BCUT2D eigenvalue weighted by atomic mass is 10.2. The third kappa shape index (κ3) is 2.88. The van der Waals surface area contributed by atoms with Gasteiger partial charge in [-0.2, -0.15) is 0 Å². The number of carbonyl (C=O) groups is 1. The number of carbonyl (C=O) groups excluding carboxylic acids is 1. The van der Waals surface area contributed by atoms with E-state index in [2.05, 4.69) is 10.5 Å². The van der Waals surface area contributed by atoms with Crippen molar-refractivity contribution in [3.05, 3.63) is 57.3 Å². The Morgan fingerprint density at radius 2 is 2.27 bits per heavy atom. The Balaban J connectivity index is 1.68. The number of nitro benzene ring substituents is 1. The molecule has 22 heavy (non-hydrogen) atoms. The summed E-state index contributed by atoms with van der Waals surface area (Å²) in [5.41, 5.74) is 2.41. The summed E-state index contributed by atoms with van der Waals surface area (Å²) in [5.74, 6) is 0.0264. The second-order valence-corrected chi connectivity index (χ2v) is 4.97. The number of nitrogens with zero attached hydrogens (tertiary/aromatic N) is 2. The van der Waals surface area contributed by atoms with Gasteiger partial charge in [0.1, 0.15) is 0 Å². The molecule has 0 unspecified atom stereocenters. The van der Waals surface area contributed by atoms with Gasteiger partial charge in [0.2, 0.25) is 5.88 Å². The number of hydrogen-bond acceptors (Lipinski definition) is 5. The van der Waals surface area contributed by atoms with Crippen LogP contribution in [0, 0.1) is 10.1 Å². The van der Waals surface area contributed by atoms with Crippen molar-refractivity contribution in [2.75, 3.05) is 5.32 Å². The zero-order valence-corrected chi connectivity index (χ0v) is 11.6. The SMILES string of the molecule is O=C(/C=C/c1cccc([N+](=O)[O-])c1)Nc1onc2c1CCC2. The Morgan fingerprint density at radius 1 is 1.41 bits per heavy atom. The lowest BCUT2D eigenvalue weighted by Crippen LogP contribution is -2.08. The fourth-order valence-corrected chi connectivity index (χ4v) is 2.39. The summed E-state index contributed by atoms with van der Waals surface area (Å²) in [6.45, 7) is 0. The Labute approximate surface area is 125 Å². The van der Waals surface area contributed by atoms with Crippen LogP contribution < -0.4 is 5.32 Å². The maximum absolute atomic E-state index is 11.9. The summed E-state index contributed by atoms with van der Waals surface area (Å²) < 4.78 is 5.11. The van der Waals surface area contributed by atoms with Crippen molar-refractivity contribution in [3.63, 3.8) is 0 Å². The number of benzene rings is 1. The highest BCUT2D eigenvalue weighted by Gasteiger charge is 2.21. The minimum atomic E-state index is -0.477. The fourth-order valence-electron chi connectivity index (χ4n) is 2.39. The second-order valence-electron chi connectivity index (χ2n) is 4.97. The minimum Gasteiger partial charge on any atom is -0.338 e. The van der Waals surface area contributed by atoms with E-state index in [4.69, 9.17) is 4.52 Å². The van der Waals surface area contributed by atoms with Gasteiger partial charge in [-0.3, -0.25) is 20.2 Å². The molecule has 0 saturated carbocycles. The number of nitro groups is 1. The van der Waals surface area contributed by atoms with E-state index < -0.39 is 4.92 Å². The first kappa shape index (κ1) is 14.0. The number of rotatable bonds is 4. The van der Waals surface area contributed by atoms with Gasteiger partial charge < -0.3 is 4.52 Å². The standard InChI is InChI=1S/C15H13N3O4/c19-14(16-15-12-5-2-6-13(12)17-22-15)8-7-10-3-1-4-11(9-10)18(20)21/h1,3-4,7-9H,2,5-6H2,(H,16,19)/b8-7+. The van der Waals surface area contributed by atoms with Crippen LogP contribution in [0.5, 0.6) is 0 Å². The van der Waals surface area contributed by atoms with E-state index in [0.29, 0.717) is 11.4 Å². The van der Waals surface area contributed by atoms with E-state index in [1.807, 2.05) is 0 Å². The fraction of sp³-hybridized carbons (Fsp3) is 0.200. The van der Waals surface area contributed by atoms with Crippen molar-refractivity contribution in [3.8, 4) is 0 Å². The number of fused-ring (bicyclic) bond motifs is 1. The molecule has 0 radical (unpaired) electrons. The number of aromatic nitrogens is 1. The predicted molar refractivity (Wildman–Crippen MR) is 79.3 cm³/mol. The minimum absolute atomic E-state index is 0.0180. The Bertz CT molecular complexity index is 764. The first-order chi connectivity index (χ1) is 10.6. The van der Waals surface area contributed by atoms with E-state index in [-0.39, 0.29) is 11.6 Å². The van der Waals surface area contributed by atoms with Crippen LogP contribution in [0.1, 0.15) is 23.2 Å². The Morgan fingerprint density at radius 3 is 3.09 bits per heavy atom. The molecule has 7 heteroatoms. The van der Waals surface area contributed by atoms with E-state index >= 15 is 0 Å². The molecule has 0 fully saturated rings. The molecule has 3 rings (SSSR count). The predicted octanol–water partition coefficient (Wildman–Crippen LogP) is 2.72. The van der Waals surface area contributed by atoms with Crippen LogP contribution in [0.3, 0.4) is 0 Å². The molecule has 0 atom stereocenters. The topological polar surface area (TPSA) is 98.3 Å². The van der Waals surface area contributed by atoms with E-state index in [1.165, 1.54) is 24.3 Å². The molecule has 1 heterocycles. The van der Waals surface area contributed by atoms with Gasteiger partial charge in [-0.25, -0.2) is 0 Å². The number of anilines is 1. The van der Waals surface area contributed by atoms with Gasteiger partial charge in [0.25, 0.3) is 11.6 Å². The van der Waals surface area contributed by atoms with Crippen molar-refractivity contribution >= 4 is 23.6 Å². The van der Waals surface area contributed by atoms with Gasteiger partial charge >= 0.3 is 0 Å². The lowest BCUT2D eigenvalue weighted by Gasteiger charge is -1.98. The van der Waals surface area contributed by atoms with Crippen LogP contribution in [0.15, 0.2) is 34.9 Å². The molecular formula is C15H13N3O4. The average molecular weight is 299 g/mol. The van der Waals surface area contributed by atoms with Crippen LogP contribution in [0.25, 0.3) is 6.08 Å². The normalized spacial score (nSPS) is 13.3. The van der Waals surface area contributed by atoms with Crippen LogP contribution >= 0.6 is 0 Å². The number of hydrogen-bond donors (Lipinski definition) is 1. The van der Waals surface area contributed by atoms with Crippen LogP contribution in [-0.4, -0.2) is 16.0 Å². The summed E-state index contributed by atoms with van der Waals surface area (Å²) in [4.78, 5) is 22.1. The molecule has 7 nitrogen and oxygen atoms in total. The molecule has 0 bridgehead atoms. The molecule has 1 aliphatic carbocycles. The Hall–Kier alpha value is -2.96. The van der Waals surface area contributed by atoms with Gasteiger partial charge in [-0.05, 0) is 30.9 Å². The largest absolute Gasteiger partial charge is 0.338 e. The third-order valence-corrected chi connectivity index (χ3v) is 3.45. The monoisotopic (exact) mass is 299 g/mol. The van der Waals surface area contributed by atoms with E-state index in [9.17, 15) is 14.9 Å². The maximum Gasteiger partial charge on any atom is 0.270 e. The van der Waals surface area contributed by atoms with Gasteiger partial charge in [0.05, 0.1) is 10.6 Å². The summed E-state index contributed by atoms with van der Waals surface area (Å²) >= 11 is 0. The smallest absolute Gasteiger partial charge is 0.270 e. The zero-order valence-electron chi connectivity index (χ0n) is 11.6. The zero-order chi connectivity index (χ0) is 15.5. The molecular weight excluding hydrogens is 286 g/mol. The molecule has 1 aromatic heterocycles. The molecule has 1 aliphatic rings. The van der Waals surface area contributed by atoms with Gasteiger partial charge in [-0.1, -0.05) is 17.3 Å². The lowest BCUT2D eigenvalue weighted by molar-refractivity contribution is -0.384. The van der Waals surface area contributed by atoms with Crippen LogP contribution in [0.2, 0.25) is 0 Å². The second kappa shape index (κ2) is 5.80. The number of amides is 1. The molecule has 0 saturated heterocycles. The maximum atomic E-state index is 11.9. The summed E-state index contributed by atoms with van der Waals surface area (Å²) in [7, 11) is 0. The van der Waals surface area contributed by atoms with Gasteiger partial charge in [0.15, 0.2) is 0 Å². The highest BCUT2D eigenvalue weighted by molar-refractivity contribution is 6.01. The molecule has 1 N–H and O–H groups in total. The number of nitrogens with one attached hydrogen (secondary N) is 1. The van der Waals surface area contributed by atoms with Crippen LogP contribution in [-0.2, 0) is 17.6 Å². The average Bonchev–Trinajstić information content (AvgIpc) is 3.10. The Kier molecular flexibility index (Phi) is 3.69. The third-order valence-electron chi connectivity index (χ3n) is 3.45. The van der Waals surface area contributed by atoms with E-state index in [1.54, 1.807) is 12.1 Å². The molecule has 1 aromatic carbocycles. The van der Waals surface area contributed by atoms with Crippen molar-refractivity contribution in [2.45, 2.75) is 19.3 Å². The summed E-state index contributed by atoms with van der Waals surface area (Å²) in [5, 5.41) is 17.2. The molecule has 112 valence electrons. The molecule has 2 aromatic rings. The number of non-ortho nitro benzene ring substituents is 1. The first-order valence-corrected chi connectivity index (χ1v) is 6.84. The first-order valence-electron chi connectivity index (χ1n) is 6.84. The van der Waals surface area contributed by atoms with Crippen molar-refractivity contribution in [2.24, 2.45) is 0 Å². The summed E-state index contributed by atoms with van der Waals surface area (Å²) in [6.07, 6.45) is 5.56. The summed E-state index contributed by atoms with van der Waals surface area (Å²) in [6, 6.07) is 6.05. The molecule has 0 spiro atoms.